The third-order valence-electron chi connectivity index (χ3n) is 10.5. The molecular formula is C37H44ClN3O6S. The monoisotopic (exact) mass is 693 g/mol. The number of hydrogen-bond acceptors (Lipinski definition) is 8. The second-order valence-electron chi connectivity index (χ2n) is 13.4. The van der Waals surface area contributed by atoms with Gasteiger partial charge >= 0.3 is 0 Å². The molecule has 0 unspecified atom stereocenters. The maximum atomic E-state index is 13.5. The van der Waals surface area contributed by atoms with Gasteiger partial charge in [-0.15, -0.1) is 0 Å². The number of methoxy groups -OCH3 is 1. The van der Waals surface area contributed by atoms with Gasteiger partial charge in [-0.2, -0.15) is 0 Å². The normalized spacial score (nSPS) is 28.3. The molecule has 2 aliphatic heterocycles. The number of halogens is 1. The third kappa shape index (κ3) is 7.07. The molecule has 2 aromatic carbocycles. The molecule has 1 saturated carbocycles. The largest absolute Gasteiger partial charge is 0.487 e. The number of sulfonamides is 1. The number of benzene rings is 2. The Morgan fingerprint density at radius 1 is 1.08 bits per heavy atom. The number of fused-ring (bicyclic) bond motifs is 3. The molecular weight excluding hydrogens is 650 g/mol. The lowest BCUT2D eigenvalue weighted by Crippen LogP contribution is -2.48. The summed E-state index contributed by atoms with van der Waals surface area (Å²) < 4.78 is 40.9. The highest BCUT2D eigenvalue weighted by molar-refractivity contribution is 7.90. The molecule has 6 rings (SSSR count). The van der Waals surface area contributed by atoms with Crippen molar-refractivity contribution in [3.05, 3.63) is 94.2 Å². The number of anilines is 1. The molecule has 9 nitrogen and oxygen atoms in total. The van der Waals surface area contributed by atoms with E-state index < -0.39 is 26.8 Å². The predicted octanol–water partition coefficient (Wildman–Crippen LogP) is 6.42. The summed E-state index contributed by atoms with van der Waals surface area (Å²) in [4.78, 5) is 20.1. The summed E-state index contributed by atoms with van der Waals surface area (Å²) in [5.41, 5.74) is 2.50. The number of allylic oxidation sites excluding steroid dienone is 1. The molecule has 0 saturated heterocycles. The van der Waals surface area contributed by atoms with Crippen LogP contribution in [0.25, 0.3) is 0 Å². The minimum absolute atomic E-state index is 0.117. The first kappa shape index (κ1) is 34.3. The van der Waals surface area contributed by atoms with Crippen LogP contribution in [-0.2, 0) is 28.7 Å². The van der Waals surface area contributed by atoms with Crippen LogP contribution in [0.1, 0.15) is 73.0 Å². The highest BCUT2D eigenvalue weighted by atomic mass is 35.5. The number of pyridine rings is 1. The fourth-order valence-electron chi connectivity index (χ4n) is 7.14. The number of carbonyl (C=O) groups excluding carboxylic acids is 1. The van der Waals surface area contributed by atoms with Crippen molar-refractivity contribution < 1.29 is 27.8 Å². The van der Waals surface area contributed by atoms with Gasteiger partial charge in [-0.3, -0.25) is 4.79 Å². The molecule has 0 spiro atoms. The average molecular weight is 694 g/mol. The Labute approximate surface area is 288 Å². The molecule has 5 atom stereocenters. The lowest BCUT2D eigenvalue weighted by atomic mass is 9.62. The topological polar surface area (TPSA) is 118 Å². The molecule has 3 heterocycles. The number of rotatable bonds is 2. The summed E-state index contributed by atoms with van der Waals surface area (Å²) in [6, 6.07) is 14.6. The summed E-state index contributed by atoms with van der Waals surface area (Å²) >= 11 is 6.35. The molecule has 256 valence electrons. The van der Waals surface area contributed by atoms with E-state index in [2.05, 4.69) is 14.6 Å². The van der Waals surface area contributed by atoms with E-state index in [-0.39, 0.29) is 23.3 Å². The quantitative estimate of drug-likeness (QED) is 0.295. The minimum atomic E-state index is -4.01. The Bertz CT molecular complexity index is 1780. The number of ether oxygens (including phenoxy) is 2. The highest BCUT2D eigenvalue weighted by Crippen LogP contribution is 2.49. The Morgan fingerprint density at radius 2 is 1.92 bits per heavy atom. The Hall–Kier alpha value is -3.60. The van der Waals surface area contributed by atoms with Gasteiger partial charge in [0.05, 0.1) is 18.0 Å². The maximum Gasteiger partial charge on any atom is 0.264 e. The fourth-order valence-corrected chi connectivity index (χ4v) is 8.62. The second-order valence-corrected chi connectivity index (χ2v) is 15.9. The van der Waals surface area contributed by atoms with Crippen LogP contribution in [0, 0.1) is 17.8 Å². The molecule has 3 aliphatic rings. The number of aromatic nitrogens is 1. The van der Waals surface area contributed by atoms with Crippen LogP contribution in [0.5, 0.6) is 11.6 Å². The van der Waals surface area contributed by atoms with Gasteiger partial charge in [-0.25, -0.2) is 18.1 Å². The number of aliphatic hydroxyl groups is 1. The van der Waals surface area contributed by atoms with Gasteiger partial charge in [0.1, 0.15) is 18.0 Å². The number of aryl methyl sites for hydroxylation is 1. The number of hydrogen-bond donors (Lipinski definition) is 2. The first-order valence-electron chi connectivity index (χ1n) is 16.7. The Balaban J connectivity index is 1.43. The molecule has 48 heavy (non-hydrogen) atoms. The number of nitrogens with one attached hydrogen (secondary N) is 1. The third-order valence-corrected chi connectivity index (χ3v) is 12.6. The fraction of sp³-hybridized carbons (Fsp3) is 0.459. The summed E-state index contributed by atoms with van der Waals surface area (Å²) in [7, 11) is -2.45. The van der Waals surface area contributed by atoms with Crippen molar-refractivity contribution in [1.29, 1.82) is 0 Å². The molecule has 1 aliphatic carbocycles. The number of amides is 1. The zero-order valence-electron chi connectivity index (χ0n) is 27.7. The van der Waals surface area contributed by atoms with Gasteiger partial charge in [-0.05, 0) is 105 Å². The Kier molecular flexibility index (Phi) is 10.1. The van der Waals surface area contributed by atoms with Crippen LogP contribution >= 0.6 is 11.6 Å². The van der Waals surface area contributed by atoms with E-state index in [0.29, 0.717) is 48.3 Å². The summed E-state index contributed by atoms with van der Waals surface area (Å²) in [6.07, 6.45) is 10.1. The average Bonchev–Trinajstić information content (AvgIpc) is 3.08. The number of carbonyl (C=O) groups is 1. The van der Waals surface area contributed by atoms with Crippen molar-refractivity contribution in [3.8, 4) is 11.6 Å². The van der Waals surface area contributed by atoms with Gasteiger partial charge in [-0.1, -0.05) is 36.7 Å². The number of nitrogens with zero attached hydrogens (tertiary/aromatic N) is 2. The first-order valence-corrected chi connectivity index (χ1v) is 18.7. The van der Waals surface area contributed by atoms with Crippen LogP contribution < -0.4 is 19.1 Å². The van der Waals surface area contributed by atoms with Gasteiger partial charge in [0.25, 0.3) is 5.91 Å². The van der Waals surface area contributed by atoms with Gasteiger partial charge in [0.15, 0.2) is 0 Å². The van der Waals surface area contributed by atoms with Crippen LogP contribution in [0.15, 0.2) is 66.9 Å². The van der Waals surface area contributed by atoms with Crippen molar-refractivity contribution in [2.75, 3.05) is 25.1 Å². The van der Waals surface area contributed by atoms with E-state index in [1.54, 1.807) is 44.5 Å². The molecule has 1 aromatic heterocycles. The van der Waals surface area contributed by atoms with Crippen molar-refractivity contribution in [2.24, 2.45) is 17.8 Å². The standard InChI is InChI=1S/C37H44ClN3O6S/c1-24-7-6-17-37(43,30-12-16-35(46-3)39-21-30)32-14-10-28(32)22-41-18-5-4-8-26-19-31(38)13-9-29(26)23-47-34-15-11-27(20-33(34)41)36(42)40-48(44,45)25(24)2/h6,9,11-13,15-17,19-21,24-25,28,32,43H,4-5,7-8,10,14,18,22-23H2,1-3H3,(H,40,42)/b17-6+/t24-,25+,28-,32+,37+/m0/s1. The van der Waals surface area contributed by atoms with Gasteiger partial charge in [0.2, 0.25) is 15.9 Å². The summed E-state index contributed by atoms with van der Waals surface area (Å²) in [5.74, 6) is 0.0673. The maximum absolute atomic E-state index is 13.5. The van der Waals surface area contributed by atoms with E-state index in [9.17, 15) is 18.3 Å². The zero-order chi connectivity index (χ0) is 34.1. The van der Waals surface area contributed by atoms with Crippen LogP contribution in [0.2, 0.25) is 5.02 Å². The molecule has 1 amide bonds. The highest BCUT2D eigenvalue weighted by Gasteiger charge is 2.47. The zero-order valence-corrected chi connectivity index (χ0v) is 29.3. The van der Waals surface area contributed by atoms with Crippen LogP contribution in [-0.4, -0.2) is 49.9 Å². The SMILES string of the molecule is COc1ccc([C@]2(O)/C=C/C[C@H](C)[C@@H](C)S(=O)(=O)NC(=O)c3ccc4c(c3)N(CCCCc3cc(Cl)ccc3CO4)C[C@@H]3CC[C@H]32)cn1. The summed E-state index contributed by atoms with van der Waals surface area (Å²) in [6.45, 7) is 5.07. The molecule has 0 radical (unpaired) electrons. The van der Waals surface area contributed by atoms with Crippen molar-refractivity contribution in [3.63, 3.8) is 0 Å². The lowest BCUT2D eigenvalue weighted by molar-refractivity contribution is -0.0501. The predicted molar refractivity (Wildman–Crippen MR) is 187 cm³/mol. The minimum Gasteiger partial charge on any atom is -0.487 e. The van der Waals surface area contributed by atoms with Crippen LogP contribution in [0.4, 0.5) is 5.69 Å². The van der Waals surface area contributed by atoms with Crippen LogP contribution in [0.3, 0.4) is 0 Å². The lowest BCUT2D eigenvalue weighted by Gasteiger charge is -2.48. The second kappa shape index (κ2) is 14.1. The van der Waals surface area contributed by atoms with Crippen molar-refractivity contribution >= 4 is 33.2 Å². The van der Waals surface area contributed by atoms with Gasteiger partial charge in [0, 0.05) is 47.4 Å². The summed E-state index contributed by atoms with van der Waals surface area (Å²) in [5, 5.41) is 12.3. The molecule has 2 N–H and O–H groups in total. The van der Waals surface area contributed by atoms with Crippen molar-refractivity contribution in [1.82, 2.24) is 9.71 Å². The molecule has 3 aromatic rings. The van der Waals surface area contributed by atoms with E-state index in [1.165, 1.54) is 0 Å². The smallest absolute Gasteiger partial charge is 0.264 e. The molecule has 11 heteroatoms. The molecule has 1 fully saturated rings. The van der Waals surface area contributed by atoms with Gasteiger partial charge < -0.3 is 19.5 Å². The van der Waals surface area contributed by atoms with E-state index >= 15 is 0 Å². The van der Waals surface area contributed by atoms with E-state index in [4.69, 9.17) is 21.1 Å². The first-order chi connectivity index (χ1) is 23.0. The Morgan fingerprint density at radius 3 is 2.65 bits per heavy atom. The van der Waals surface area contributed by atoms with E-state index in [0.717, 1.165) is 48.9 Å². The van der Waals surface area contributed by atoms with E-state index in [1.807, 2.05) is 43.3 Å². The van der Waals surface area contributed by atoms with Crippen molar-refractivity contribution in [2.45, 2.75) is 69.8 Å². The molecule has 2 bridgehead atoms.